The van der Waals surface area contributed by atoms with Crippen molar-refractivity contribution in [1.29, 1.82) is 10.5 Å². The summed E-state index contributed by atoms with van der Waals surface area (Å²) in [5, 5.41) is 29.5. The number of hydrogen-bond acceptors (Lipinski definition) is 4. The van der Waals surface area contributed by atoms with Crippen LogP contribution in [0.4, 0.5) is 5.69 Å². The maximum absolute atomic E-state index is 11.3. The summed E-state index contributed by atoms with van der Waals surface area (Å²) in [7, 11) is 0. The molecule has 106 valence electrons. The maximum Gasteiger partial charge on any atom is 0.336 e. The molecule has 0 amide bonds. The first-order valence-corrected chi connectivity index (χ1v) is 6.35. The van der Waals surface area contributed by atoms with Crippen LogP contribution in [0.2, 0.25) is 0 Å². The van der Waals surface area contributed by atoms with E-state index in [0.717, 1.165) is 5.56 Å². The molecule has 0 radical (unpaired) electrons. The number of benzene rings is 2. The van der Waals surface area contributed by atoms with E-state index in [1.165, 1.54) is 6.20 Å². The molecule has 0 heterocycles. The first-order chi connectivity index (χ1) is 10.7. The highest BCUT2D eigenvalue weighted by molar-refractivity contribution is 5.96. The zero-order chi connectivity index (χ0) is 15.9. The van der Waals surface area contributed by atoms with E-state index < -0.39 is 5.97 Å². The molecule has 0 unspecified atom stereocenters. The van der Waals surface area contributed by atoms with E-state index in [1.54, 1.807) is 60.7 Å². The fourth-order valence-electron chi connectivity index (χ4n) is 1.94. The lowest BCUT2D eigenvalue weighted by Crippen LogP contribution is -1.99. The van der Waals surface area contributed by atoms with Gasteiger partial charge in [-0.25, -0.2) is 4.79 Å². The Kier molecular flexibility index (Phi) is 4.54. The first-order valence-electron chi connectivity index (χ1n) is 6.35. The molecule has 2 aromatic carbocycles. The number of carboxylic acids is 1. The van der Waals surface area contributed by atoms with Crippen molar-refractivity contribution in [2.24, 2.45) is 0 Å². The number of allylic oxidation sites excluding steroid dienone is 1. The molecule has 2 rings (SSSR count). The third-order valence-corrected chi connectivity index (χ3v) is 2.96. The Hall–Kier alpha value is -3.57. The molecule has 5 heteroatoms. The van der Waals surface area contributed by atoms with Gasteiger partial charge in [0.1, 0.15) is 17.7 Å². The van der Waals surface area contributed by atoms with Gasteiger partial charge in [-0.1, -0.05) is 30.3 Å². The summed E-state index contributed by atoms with van der Waals surface area (Å²) in [5.41, 5.74) is 2.15. The van der Waals surface area contributed by atoms with Gasteiger partial charge in [-0.2, -0.15) is 10.5 Å². The number of nitrogens with zero attached hydrogens (tertiary/aromatic N) is 2. The van der Waals surface area contributed by atoms with Crippen LogP contribution in [0.1, 0.15) is 10.4 Å². The van der Waals surface area contributed by atoms with Crippen LogP contribution >= 0.6 is 0 Å². The van der Waals surface area contributed by atoms with E-state index in [9.17, 15) is 9.90 Å². The molecular weight excluding hydrogens is 278 g/mol. The summed E-state index contributed by atoms with van der Waals surface area (Å²) in [6.07, 6.45) is 1.31. The Morgan fingerprint density at radius 1 is 1.09 bits per heavy atom. The standard InChI is InChI=1S/C17H11N3O2/c18-9-12(10-19)11-20-14-5-3-4-13(8-14)15-6-1-2-7-16(15)17(21)22/h1-8,11,20H,(H,21,22). The highest BCUT2D eigenvalue weighted by Gasteiger charge is 2.10. The Bertz CT molecular complexity index is 810. The Morgan fingerprint density at radius 2 is 1.82 bits per heavy atom. The molecule has 0 saturated heterocycles. The first kappa shape index (κ1) is 14.8. The van der Waals surface area contributed by atoms with Gasteiger partial charge in [-0.05, 0) is 29.3 Å². The molecule has 0 atom stereocenters. The minimum absolute atomic E-state index is 0.0451. The summed E-state index contributed by atoms with van der Waals surface area (Å²) >= 11 is 0. The van der Waals surface area contributed by atoms with Crippen LogP contribution in [-0.4, -0.2) is 11.1 Å². The van der Waals surface area contributed by atoms with Crippen LogP contribution < -0.4 is 5.32 Å². The largest absolute Gasteiger partial charge is 0.478 e. The van der Waals surface area contributed by atoms with E-state index in [0.29, 0.717) is 11.3 Å². The second-order valence-electron chi connectivity index (χ2n) is 4.36. The average Bonchev–Trinajstić information content (AvgIpc) is 2.56. The van der Waals surface area contributed by atoms with Crippen LogP contribution in [0.5, 0.6) is 0 Å². The molecule has 0 aliphatic carbocycles. The maximum atomic E-state index is 11.3. The summed E-state index contributed by atoms with van der Waals surface area (Å²) < 4.78 is 0. The molecule has 0 bridgehead atoms. The van der Waals surface area contributed by atoms with Crippen LogP contribution in [0, 0.1) is 22.7 Å². The lowest BCUT2D eigenvalue weighted by atomic mass is 9.99. The summed E-state index contributed by atoms with van der Waals surface area (Å²) in [5.74, 6) is -0.995. The van der Waals surface area contributed by atoms with E-state index >= 15 is 0 Å². The Morgan fingerprint density at radius 3 is 2.50 bits per heavy atom. The Labute approximate surface area is 127 Å². The van der Waals surface area contributed by atoms with Crippen molar-refractivity contribution in [2.45, 2.75) is 0 Å². The number of nitrogens with one attached hydrogen (secondary N) is 1. The monoisotopic (exact) mass is 289 g/mol. The van der Waals surface area contributed by atoms with Crippen molar-refractivity contribution in [3.05, 3.63) is 65.9 Å². The van der Waals surface area contributed by atoms with Gasteiger partial charge in [-0.15, -0.1) is 0 Å². The number of carbonyl (C=O) groups is 1. The van der Waals surface area contributed by atoms with Gasteiger partial charge >= 0.3 is 5.97 Å². The zero-order valence-corrected chi connectivity index (χ0v) is 11.4. The molecular formula is C17H11N3O2. The van der Waals surface area contributed by atoms with Crippen molar-refractivity contribution >= 4 is 11.7 Å². The third kappa shape index (κ3) is 3.30. The van der Waals surface area contributed by atoms with E-state index in [-0.39, 0.29) is 11.1 Å². The van der Waals surface area contributed by atoms with Crippen molar-refractivity contribution < 1.29 is 9.90 Å². The van der Waals surface area contributed by atoms with Gasteiger partial charge in [0.15, 0.2) is 0 Å². The molecule has 0 aromatic heterocycles. The molecule has 0 saturated carbocycles. The van der Waals surface area contributed by atoms with Crippen molar-refractivity contribution in [3.63, 3.8) is 0 Å². The molecule has 0 aliphatic heterocycles. The quantitative estimate of drug-likeness (QED) is 0.841. The lowest BCUT2D eigenvalue weighted by Gasteiger charge is -2.08. The number of aromatic carboxylic acids is 1. The molecule has 0 fully saturated rings. The molecule has 0 spiro atoms. The van der Waals surface area contributed by atoms with Gasteiger partial charge < -0.3 is 10.4 Å². The van der Waals surface area contributed by atoms with Crippen molar-refractivity contribution in [3.8, 4) is 23.3 Å². The lowest BCUT2D eigenvalue weighted by molar-refractivity contribution is 0.0697. The van der Waals surface area contributed by atoms with Gasteiger partial charge in [0.25, 0.3) is 0 Å². The summed E-state index contributed by atoms with van der Waals surface area (Å²) in [6, 6.07) is 17.3. The van der Waals surface area contributed by atoms with Crippen molar-refractivity contribution in [1.82, 2.24) is 0 Å². The van der Waals surface area contributed by atoms with Crippen LogP contribution in [0.15, 0.2) is 60.3 Å². The fourth-order valence-corrected chi connectivity index (χ4v) is 1.94. The van der Waals surface area contributed by atoms with E-state index in [1.807, 2.05) is 0 Å². The van der Waals surface area contributed by atoms with Crippen molar-refractivity contribution in [2.75, 3.05) is 5.32 Å². The fraction of sp³-hybridized carbons (Fsp3) is 0. The summed E-state index contributed by atoms with van der Waals surface area (Å²) in [4.78, 5) is 11.3. The highest BCUT2D eigenvalue weighted by atomic mass is 16.4. The number of nitriles is 2. The average molecular weight is 289 g/mol. The molecule has 0 aliphatic rings. The molecule has 2 aromatic rings. The third-order valence-electron chi connectivity index (χ3n) is 2.96. The molecule has 22 heavy (non-hydrogen) atoms. The predicted molar refractivity (Wildman–Crippen MR) is 81.8 cm³/mol. The van der Waals surface area contributed by atoms with Crippen LogP contribution in [0.25, 0.3) is 11.1 Å². The van der Waals surface area contributed by atoms with Gasteiger partial charge in [-0.3, -0.25) is 0 Å². The Balaban J connectivity index is 2.38. The number of hydrogen-bond donors (Lipinski definition) is 2. The van der Waals surface area contributed by atoms with Crippen LogP contribution in [0.3, 0.4) is 0 Å². The van der Waals surface area contributed by atoms with E-state index in [2.05, 4.69) is 5.32 Å². The zero-order valence-electron chi connectivity index (χ0n) is 11.4. The minimum Gasteiger partial charge on any atom is -0.478 e. The normalized spacial score (nSPS) is 9.18. The van der Waals surface area contributed by atoms with Gasteiger partial charge in [0.05, 0.1) is 5.56 Å². The minimum atomic E-state index is -0.995. The number of rotatable bonds is 4. The smallest absolute Gasteiger partial charge is 0.336 e. The predicted octanol–water partition coefficient (Wildman–Crippen LogP) is 3.39. The van der Waals surface area contributed by atoms with E-state index in [4.69, 9.17) is 10.5 Å². The summed E-state index contributed by atoms with van der Waals surface area (Å²) in [6.45, 7) is 0. The molecule has 2 N–H and O–H groups in total. The molecule has 5 nitrogen and oxygen atoms in total. The number of anilines is 1. The topological polar surface area (TPSA) is 96.9 Å². The second-order valence-corrected chi connectivity index (χ2v) is 4.36. The number of carboxylic acid groups (broad SMARTS) is 1. The highest BCUT2D eigenvalue weighted by Crippen LogP contribution is 2.26. The SMILES string of the molecule is N#CC(C#N)=CNc1cccc(-c2ccccc2C(=O)O)c1. The van der Waals surface area contributed by atoms with Gasteiger partial charge in [0, 0.05) is 11.9 Å². The second kappa shape index (κ2) is 6.74. The van der Waals surface area contributed by atoms with Crippen LogP contribution in [-0.2, 0) is 0 Å². The van der Waals surface area contributed by atoms with Gasteiger partial charge in [0.2, 0.25) is 0 Å².